The van der Waals surface area contributed by atoms with Crippen LogP contribution in [0, 0.1) is 6.92 Å². The molecular weight excluding hydrogens is 338 g/mol. The number of carbonyl (C=O) groups is 2. The van der Waals surface area contributed by atoms with E-state index in [2.05, 4.69) is 16.0 Å². The number of carbonyl (C=O) groups excluding carboxylic acids is 2. The number of hydrogen-bond acceptors (Lipinski definition) is 2. The van der Waals surface area contributed by atoms with Crippen LogP contribution in [0.2, 0.25) is 5.02 Å². The van der Waals surface area contributed by atoms with Gasteiger partial charge in [0.15, 0.2) is 0 Å². The number of amides is 3. The van der Waals surface area contributed by atoms with Crippen LogP contribution in [0.5, 0.6) is 0 Å². The van der Waals surface area contributed by atoms with Crippen LogP contribution < -0.4 is 16.0 Å². The molecule has 128 valence electrons. The Labute approximate surface area is 151 Å². The fraction of sp³-hybridized carbons (Fsp3) is 0.158. The van der Waals surface area contributed by atoms with Crippen molar-refractivity contribution in [2.45, 2.75) is 19.9 Å². The second kappa shape index (κ2) is 6.99. The van der Waals surface area contributed by atoms with Crippen molar-refractivity contribution >= 4 is 29.2 Å². The fourth-order valence-electron chi connectivity index (χ4n) is 2.77. The van der Waals surface area contributed by atoms with Crippen molar-refractivity contribution in [3.8, 4) is 0 Å². The molecule has 1 aliphatic heterocycles. The Hall–Kier alpha value is -2.79. The molecule has 0 spiro atoms. The molecule has 25 heavy (non-hydrogen) atoms. The van der Waals surface area contributed by atoms with Crippen LogP contribution >= 0.6 is 11.6 Å². The summed E-state index contributed by atoms with van der Waals surface area (Å²) in [4.78, 5) is 24.7. The molecule has 2 aromatic carbocycles. The number of aryl methyl sites for hydroxylation is 1. The maximum absolute atomic E-state index is 12.8. The van der Waals surface area contributed by atoms with E-state index < -0.39 is 6.04 Å². The summed E-state index contributed by atoms with van der Waals surface area (Å²) in [5, 5.41) is 8.86. The Morgan fingerprint density at radius 2 is 1.84 bits per heavy atom. The van der Waals surface area contributed by atoms with Gasteiger partial charge in [0.25, 0.3) is 5.91 Å². The topological polar surface area (TPSA) is 70.2 Å². The minimum atomic E-state index is -0.571. The smallest absolute Gasteiger partial charge is 0.319 e. The number of benzene rings is 2. The summed E-state index contributed by atoms with van der Waals surface area (Å²) < 4.78 is 0. The summed E-state index contributed by atoms with van der Waals surface area (Å²) in [7, 11) is 0. The highest BCUT2D eigenvalue weighted by atomic mass is 35.5. The number of urea groups is 1. The predicted octanol–water partition coefficient (Wildman–Crippen LogP) is 3.92. The van der Waals surface area contributed by atoms with Gasteiger partial charge in [-0.25, -0.2) is 4.79 Å². The average molecular weight is 356 g/mol. The van der Waals surface area contributed by atoms with Gasteiger partial charge < -0.3 is 16.0 Å². The summed E-state index contributed by atoms with van der Waals surface area (Å²) in [5.74, 6) is -0.279. The molecule has 0 aliphatic carbocycles. The first-order valence-electron chi connectivity index (χ1n) is 7.86. The Morgan fingerprint density at radius 1 is 1.12 bits per heavy atom. The second-order valence-corrected chi connectivity index (χ2v) is 6.38. The van der Waals surface area contributed by atoms with Crippen LogP contribution in [0.4, 0.5) is 10.5 Å². The fourth-order valence-corrected chi connectivity index (χ4v) is 2.97. The maximum atomic E-state index is 12.8. The monoisotopic (exact) mass is 355 g/mol. The van der Waals surface area contributed by atoms with Crippen LogP contribution in [-0.4, -0.2) is 11.9 Å². The van der Waals surface area contributed by atoms with Crippen LogP contribution in [0.15, 0.2) is 59.8 Å². The van der Waals surface area contributed by atoms with E-state index in [1.54, 1.807) is 25.1 Å². The Bertz CT molecular complexity index is 859. The normalized spacial score (nSPS) is 16.9. The van der Waals surface area contributed by atoms with Crippen LogP contribution in [0.25, 0.3) is 0 Å². The van der Waals surface area contributed by atoms with E-state index in [0.717, 1.165) is 11.1 Å². The van der Waals surface area contributed by atoms with Gasteiger partial charge in [0.2, 0.25) is 0 Å². The van der Waals surface area contributed by atoms with E-state index in [0.29, 0.717) is 22.0 Å². The zero-order valence-electron chi connectivity index (χ0n) is 13.9. The molecule has 2 aromatic rings. The number of allylic oxidation sites excluding steroid dienone is 1. The molecule has 0 fully saturated rings. The number of anilines is 1. The van der Waals surface area contributed by atoms with Gasteiger partial charge in [-0.15, -0.1) is 0 Å². The lowest BCUT2D eigenvalue weighted by atomic mass is 9.95. The van der Waals surface area contributed by atoms with Crippen molar-refractivity contribution in [3.05, 3.63) is 76.0 Å². The Balaban J connectivity index is 1.94. The van der Waals surface area contributed by atoms with Crippen LogP contribution in [0.3, 0.4) is 0 Å². The molecule has 0 saturated carbocycles. The van der Waals surface area contributed by atoms with Crippen molar-refractivity contribution < 1.29 is 9.59 Å². The summed E-state index contributed by atoms with van der Waals surface area (Å²) in [5.41, 5.74) is 3.51. The minimum absolute atomic E-state index is 0.279. The van der Waals surface area contributed by atoms with Crippen molar-refractivity contribution in [3.63, 3.8) is 0 Å². The molecule has 0 bridgehead atoms. The summed E-state index contributed by atoms with van der Waals surface area (Å²) in [6.07, 6.45) is 0. The lowest BCUT2D eigenvalue weighted by Gasteiger charge is -2.28. The zero-order chi connectivity index (χ0) is 18.0. The second-order valence-electron chi connectivity index (χ2n) is 5.95. The van der Waals surface area contributed by atoms with Crippen molar-refractivity contribution in [1.82, 2.24) is 10.6 Å². The lowest BCUT2D eigenvalue weighted by Crippen LogP contribution is -2.45. The van der Waals surface area contributed by atoms with Crippen molar-refractivity contribution in [2.24, 2.45) is 0 Å². The molecule has 6 heteroatoms. The van der Waals surface area contributed by atoms with E-state index in [1.165, 1.54) is 0 Å². The van der Waals surface area contributed by atoms with Gasteiger partial charge in [0.05, 0.1) is 11.6 Å². The summed E-state index contributed by atoms with van der Waals surface area (Å²) in [6, 6.07) is 13.7. The third kappa shape index (κ3) is 3.83. The lowest BCUT2D eigenvalue weighted by molar-refractivity contribution is -0.113. The number of rotatable bonds is 3. The molecule has 1 heterocycles. The standard InChI is InChI=1S/C19H18ClN3O2/c1-11-6-8-15(9-7-11)22-18(24)16-12(2)21-19(25)23-17(16)13-4-3-5-14(20)10-13/h3-10,17H,1-2H3,(H,22,24)(H2,21,23,25). The third-order valence-corrected chi connectivity index (χ3v) is 4.24. The van der Waals surface area contributed by atoms with E-state index >= 15 is 0 Å². The van der Waals surface area contributed by atoms with E-state index in [-0.39, 0.29) is 11.9 Å². The largest absolute Gasteiger partial charge is 0.327 e. The molecular formula is C19H18ClN3O2. The first-order valence-corrected chi connectivity index (χ1v) is 8.23. The first-order chi connectivity index (χ1) is 11.9. The molecule has 3 rings (SSSR count). The van der Waals surface area contributed by atoms with Gasteiger partial charge in [-0.3, -0.25) is 4.79 Å². The highest BCUT2D eigenvalue weighted by Gasteiger charge is 2.31. The molecule has 3 amide bonds. The SMILES string of the molecule is CC1=C(C(=O)Nc2ccc(C)cc2)C(c2cccc(Cl)c2)NC(=O)N1. The van der Waals surface area contributed by atoms with Crippen LogP contribution in [-0.2, 0) is 4.79 Å². The van der Waals surface area contributed by atoms with Crippen molar-refractivity contribution in [2.75, 3.05) is 5.32 Å². The first kappa shape index (κ1) is 17.0. The minimum Gasteiger partial charge on any atom is -0.327 e. The number of hydrogen-bond donors (Lipinski definition) is 3. The molecule has 1 unspecified atom stereocenters. The van der Waals surface area contributed by atoms with Gasteiger partial charge in [0, 0.05) is 16.4 Å². The maximum Gasteiger partial charge on any atom is 0.319 e. The van der Waals surface area contributed by atoms with E-state index in [1.807, 2.05) is 37.3 Å². The molecule has 0 saturated heterocycles. The van der Waals surface area contributed by atoms with E-state index in [9.17, 15) is 9.59 Å². The molecule has 0 aromatic heterocycles. The van der Waals surface area contributed by atoms with Gasteiger partial charge in [0.1, 0.15) is 0 Å². The van der Waals surface area contributed by atoms with Gasteiger partial charge in [-0.2, -0.15) is 0 Å². The van der Waals surface area contributed by atoms with E-state index in [4.69, 9.17) is 11.6 Å². The van der Waals surface area contributed by atoms with Crippen LogP contribution in [0.1, 0.15) is 24.1 Å². The molecule has 0 radical (unpaired) electrons. The molecule has 1 aliphatic rings. The Kier molecular flexibility index (Phi) is 4.76. The quantitative estimate of drug-likeness (QED) is 0.781. The zero-order valence-corrected chi connectivity index (χ0v) is 14.6. The van der Waals surface area contributed by atoms with Gasteiger partial charge >= 0.3 is 6.03 Å². The van der Waals surface area contributed by atoms with Gasteiger partial charge in [-0.05, 0) is 43.7 Å². The summed E-state index contributed by atoms with van der Waals surface area (Å²) >= 11 is 6.06. The molecule has 1 atom stereocenters. The average Bonchev–Trinajstić information content (AvgIpc) is 2.56. The molecule has 3 N–H and O–H groups in total. The highest BCUT2D eigenvalue weighted by Crippen LogP contribution is 2.29. The predicted molar refractivity (Wildman–Crippen MR) is 98.4 cm³/mol. The third-order valence-electron chi connectivity index (χ3n) is 4.01. The van der Waals surface area contributed by atoms with Crippen molar-refractivity contribution in [1.29, 1.82) is 0 Å². The number of nitrogens with one attached hydrogen (secondary N) is 3. The Morgan fingerprint density at radius 3 is 2.52 bits per heavy atom. The number of halogens is 1. The molecule has 5 nitrogen and oxygen atoms in total. The summed E-state index contributed by atoms with van der Waals surface area (Å²) in [6.45, 7) is 3.69. The highest BCUT2D eigenvalue weighted by molar-refractivity contribution is 6.30. The van der Waals surface area contributed by atoms with Gasteiger partial charge in [-0.1, -0.05) is 41.4 Å².